The molecule has 25 heteroatoms. The summed E-state index contributed by atoms with van der Waals surface area (Å²) in [5, 5.41) is 45.2. The molecule has 1 aliphatic heterocycles. The molecule has 108 heavy (non-hydrogen) atoms. The minimum absolute atomic E-state index is 0.0833. The number of nitrogens with one attached hydrogen (secondary N) is 4. The van der Waals surface area contributed by atoms with Crippen LogP contribution in [0, 0.1) is 0 Å². The van der Waals surface area contributed by atoms with Gasteiger partial charge in [0, 0.05) is 91.8 Å². The summed E-state index contributed by atoms with van der Waals surface area (Å²) in [5.41, 5.74) is 63.0. The van der Waals surface area contributed by atoms with Crippen molar-refractivity contribution in [3.8, 4) is 0 Å². The first-order chi connectivity index (χ1) is 52.6. The van der Waals surface area contributed by atoms with Gasteiger partial charge in [-0.15, -0.1) is 0 Å². The Morgan fingerprint density at radius 1 is 0.306 bits per heavy atom. The van der Waals surface area contributed by atoms with Crippen LogP contribution >= 0.6 is 0 Å². The molecule has 1 aliphatic rings. The molecule has 32 N–H and O–H groups in total. The van der Waals surface area contributed by atoms with Crippen molar-refractivity contribution in [1.82, 2.24) is 40.9 Å². The molecule has 0 bridgehead atoms. The lowest BCUT2D eigenvalue weighted by Crippen LogP contribution is -2.45. The van der Waals surface area contributed by atoms with Gasteiger partial charge in [-0.2, -0.15) is 0 Å². The first kappa shape index (κ1) is 133. The zero-order chi connectivity index (χ0) is 84.0. The summed E-state index contributed by atoms with van der Waals surface area (Å²) < 4.78 is 4.76. The van der Waals surface area contributed by atoms with Crippen LogP contribution < -0.4 is 90.1 Å². The van der Waals surface area contributed by atoms with E-state index in [4.69, 9.17) is 94.0 Å². The van der Waals surface area contributed by atoms with Crippen molar-refractivity contribution in [2.24, 2.45) is 68.8 Å². The summed E-state index contributed by atoms with van der Waals surface area (Å²) in [6.45, 7) is 49.8. The molecule has 672 valence electrons. The average molecular weight is 1570 g/mol. The molecule has 0 saturated carbocycles. The second-order valence-corrected chi connectivity index (χ2v) is 27.1. The lowest BCUT2D eigenvalue weighted by molar-refractivity contribution is 0.0976. The molecule has 1 saturated heterocycles. The molecule has 25 nitrogen and oxygen atoms in total. The molecule has 0 spiro atoms. The number of aliphatic hydroxyl groups is 4. The summed E-state index contributed by atoms with van der Waals surface area (Å²) in [4.78, 5) is 9.71. The molecule has 1 fully saturated rings. The Bertz CT molecular complexity index is 1110. The predicted octanol–water partition coefficient (Wildman–Crippen LogP) is 8.01. The van der Waals surface area contributed by atoms with Crippen molar-refractivity contribution < 1.29 is 25.2 Å². The van der Waals surface area contributed by atoms with Crippen LogP contribution in [0.5, 0.6) is 0 Å². The molecule has 0 atom stereocenters. The van der Waals surface area contributed by atoms with Gasteiger partial charge in [0.2, 0.25) is 0 Å². The fraction of sp³-hybridized carbons (Fsp3) is 1.00. The number of nitrogens with zero attached hydrogens (tertiary/aromatic N) is 4. The maximum absolute atomic E-state index is 8.29. The molecule has 0 aliphatic carbocycles. The summed E-state index contributed by atoms with van der Waals surface area (Å²) in [5.74, 6) is 0. The molecular weight excluding hydrogens is 1360 g/mol. The van der Waals surface area contributed by atoms with Crippen molar-refractivity contribution in [2.75, 3.05) is 251 Å². The van der Waals surface area contributed by atoms with Crippen LogP contribution in [0.4, 0.5) is 0 Å². The lowest BCUT2D eigenvalue weighted by atomic mass is 10.1. The van der Waals surface area contributed by atoms with Crippen molar-refractivity contribution in [1.29, 1.82) is 0 Å². The van der Waals surface area contributed by atoms with Crippen LogP contribution in [0.15, 0.2) is 0 Å². The van der Waals surface area contributed by atoms with Gasteiger partial charge in [0.1, 0.15) is 0 Å². The lowest BCUT2D eigenvalue weighted by Gasteiger charge is -2.26. The second kappa shape index (κ2) is 154. The van der Waals surface area contributed by atoms with Crippen LogP contribution in [0.1, 0.15) is 293 Å². The largest absolute Gasteiger partial charge is 0.396 e. The SMILES string of the molecule is CCCCCCCCN.CCCCCCN.CCCCCN.CCCCN.CCCCN(CCCC)CCCC.CCN(CC)CCCCCN.CN(C)CCCCCCCN.CNCCCCCN.NCCCCCO.NCCN1CCNCC1.NCCNCCCO.NCCNCCO.NCCOCCO. The number of rotatable bonds is 62. The molecule has 0 unspecified atom stereocenters. The molecule has 0 amide bonds. The highest BCUT2D eigenvalue weighted by molar-refractivity contribution is 4.67. The average Bonchev–Trinajstić information content (AvgIpc) is 0.989. The fourth-order valence-electron chi connectivity index (χ4n) is 9.03. The van der Waals surface area contributed by atoms with Crippen LogP contribution in [0.25, 0.3) is 0 Å². The third-order valence-electron chi connectivity index (χ3n) is 15.9. The van der Waals surface area contributed by atoms with E-state index in [1.54, 1.807) is 0 Å². The minimum atomic E-state index is 0.0833. The molecule has 0 aromatic heterocycles. The normalized spacial score (nSPS) is 11.0. The highest BCUT2D eigenvalue weighted by Crippen LogP contribution is 2.05. The van der Waals surface area contributed by atoms with Crippen LogP contribution in [0.3, 0.4) is 0 Å². The van der Waals surface area contributed by atoms with E-state index in [0.29, 0.717) is 46.0 Å². The molecule has 0 radical (unpaired) electrons. The minimum Gasteiger partial charge on any atom is -0.396 e. The Kier molecular flexibility index (Phi) is 190. The third kappa shape index (κ3) is 192. The van der Waals surface area contributed by atoms with E-state index >= 15 is 0 Å². The smallest absolute Gasteiger partial charge is 0.0698 e. The van der Waals surface area contributed by atoms with E-state index in [1.807, 2.05) is 7.05 Å². The van der Waals surface area contributed by atoms with Gasteiger partial charge in [0.15, 0.2) is 0 Å². The Hall–Kier alpha value is -1.00. The maximum atomic E-state index is 8.29. The number of hydrogen-bond acceptors (Lipinski definition) is 25. The molecular formula is C83H210N20O5. The zero-order valence-electron chi connectivity index (χ0n) is 75.1. The van der Waals surface area contributed by atoms with E-state index in [1.165, 1.54) is 251 Å². The summed E-state index contributed by atoms with van der Waals surface area (Å²) >= 11 is 0. The van der Waals surface area contributed by atoms with E-state index in [2.05, 4.69) is 117 Å². The monoisotopic (exact) mass is 1570 g/mol. The zero-order valence-corrected chi connectivity index (χ0v) is 75.1. The number of piperazine rings is 1. The summed E-state index contributed by atoms with van der Waals surface area (Å²) in [6.07, 6.45) is 45.3. The van der Waals surface area contributed by atoms with Crippen LogP contribution in [0.2, 0.25) is 0 Å². The third-order valence-corrected chi connectivity index (χ3v) is 15.9. The Morgan fingerprint density at radius 2 is 0.648 bits per heavy atom. The van der Waals surface area contributed by atoms with E-state index in [0.717, 1.165) is 143 Å². The molecule has 1 heterocycles. The van der Waals surface area contributed by atoms with Crippen molar-refractivity contribution in [2.45, 2.75) is 293 Å². The standard InChI is InChI=1S/C12H27N.2C9H22N2.C8H19N.C6H15N3.C6H16N2.C6H15N.C5H14N2O.C5H13NO.C5H13N.C4H12N2O.C4H11NO2.C4H11N/c1-4-7-10-13(11-8-5-2)12-9-6-3;1-11(2)9-7-5-3-4-6-8-10;1-3-11(4-2)9-7-5-6-8-10;1-2-3-4-5-6-7-8-9;7-1-4-9-5-2-8-3-6-9;1-8-6-4-2-3-5-7;1-2-3-4-5-6-7;6-2-4-7-3-1-5-8;6-4-2-1-3-5-7;1-2-3-4-5-6;5-1-2-6-3-4-7;5-1-3-7-4-2-6;1-2-3-4-5/h4-12H2,1-3H3;2*3-10H2,1-2H3;2-9H2,1H3;8H,1-7H2;8H,2-7H2,1H3;2-7H2,1H3;7-8H,1-6H2;7H,1-6H2;2-6H2,1H3;6-7H,1-5H2;6H,1-5H2;2-5H2,1H3. The topological polar surface area (TPSA) is 463 Å². The maximum Gasteiger partial charge on any atom is 0.0698 e. The van der Waals surface area contributed by atoms with E-state index in [-0.39, 0.29) is 19.8 Å². The Morgan fingerprint density at radius 3 is 0.981 bits per heavy atom. The highest BCUT2D eigenvalue weighted by atomic mass is 16.5. The number of unbranched alkanes of at least 4 members (excludes halogenated alkanes) is 24. The molecule has 0 aromatic rings. The highest BCUT2D eigenvalue weighted by Gasteiger charge is 2.07. The first-order valence-electron chi connectivity index (χ1n) is 44.6. The second-order valence-electron chi connectivity index (χ2n) is 27.1. The molecule has 1 rings (SSSR count). The van der Waals surface area contributed by atoms with Gasteiger partial charge < -0.3 is 130 Å². The number of nitrogens with two attached hydrogens (primary N) is 12. The Balaban J connectivity index is -0.0000000931. The summed E-state index contributed by atoms with van der Waals surface area (Å²) in [7, 11) is 6.22. The van der Waals surface area contributed by atoms with E-state index in [9.17, 15) is 0 Å². The van der Waals surface area contributed by atoms with Gasteiger partial charge in [0.05, 0.1) is 26.4 Å². The van der Waals surface area contributed by atoms with Gasteiger partial charge >= 0.3 is 0 Å². The Labute approximate surface area is 675 Å². The van der Waals surface area contributed by atoms with Crippen LogP contribution in [-0.4, -0.2) is 291 Å². The predicted molar refractivity (Wildman–Crippen MR) is 486 cm³/mol. The van der Waals surface area contributed by atoms with Gasteiger partial charge in [-0.1, -0.05) is 184 Å². The fourth-order valence-corrected chi connectivity index (χ4v) is 9.03. The van der Waals surface area contributed by atoms with Crippen molar-refractivity contribution in [3.05, 3.63) is 0 Å². The van der Waals surface area contributed by atoms with Crippen molar-refractivity contribution >= 4 is 0 Å². The summed E-state index contributed by atoms with van der Waals surface area (Å²) in [6, 6.07) is 0. The van der Waals surface area contributed by atoms with Gasteiger partial charge in [0.25, 0.3) is 0 Å². The van der Waals surface area contributed by atoms with Gasteiger partial charge in [-0.05, 0) is 242 Å². The van der Waals surface area contributed by atoms with E-state index < -0.39 is 0 Å². The number of aliphatic hydroxyl groups excluding tert-OH is 4. The van der Waals surface area contributed by atoms with Crippen LogP contribution in [-0.2, 0) is 4.74 Å². The molecule has 0 aromatic carbocycles. The number of ether oxygens (including phenoxy) is 1. The van der Waals surface area contributed by atoms with Crippen molar-refractivity contribution in [3.63, 3.8) is 0 Å². The first-order valence-corrected chi connectivity index (χ1v) is 44.6. The number of hydrogen-bond donors (Lipinski definition) is 20. The van der Waals surface area contributed by atoms with Gasteiger partial charge in [-0.25, -0.2) is 0 Å². The quantitative estimate of drug-likeness (QED) is 0.0256. The van der Waals surface area contributed by atoms with Gasteiger partial charge in [-0.3, -0.25) is 4.90 Å².